The lowest BCUT2D eigenvalue weighted by Gasteiger charge is -2.12. The molecule has 0 spiro atoms. The van der Waals surface area contributed by atoms with Crippen LogP contribution in [0.1, 0.15) is 33.9 Å². The van der Waals surface area contributed by atoms with Crippen LogP contribution in [0.5, 0.6) is 5.75 Å². The Hall–Kier alpha value is -2.73. The normalized spacial score (nSPS) is 11.8. The van der Waals surface area contributed by atoms with Gasteiger partial charge in [0, 0.05) is 11.9 Å². The van der Waals surface area contributed by atoms with Gasteiger partial charge in [-0.3, -0.25) is 4.79 Å². The van der Waals surface area contributed by atoms with Crippen molar-refractivity contribution in [1.82, 2.24) is 10.3 Å². The van der Waals surface area contributed by atoms with E-state index in [4.69, 9.17) is 4.74 Å². The van der Waals surface area contributed by atoms with E-state index in [0.29, 0.717) is 23.0 Å². The molecule has 0 aliphatic rings. The van der Waals surface area contributed by atoms with Crippen LogP contribution >= 0.6 is 11.3 Å². The number of rotatable bonds is 7. The number of halogens is 1. The van der Waals surface area contributed by atoms with Gasteiger partial charge in [-0.15, -0.1) is 11.3 Å². The van der Waals surface area contributed by atoms with E-state index in [1.807, 2.05) is 30.3 Å². The molecule has 26 heavy (non-hydrogen) atoms. The molecule has 4 nitrogen and oxygen atoms in total. The van der Waals surface area contributed by atoms with Crippen molar-refractivity contribution in [2.24, 2.45) is 0 Å². The van der Waals surface area contributed by atoms with Gasteiger partial charge in [0.25, 0.3) is 5.91 Å². The van der Waals surface area contributed by atoms with Gasteiger partial charge in [-0.05, 0) is 35.7 Å². The summed E-state index contributed by atoms with van der Waals surface area (Å²) in [5.41, 5.74) is 1.56. The number of aromatic nitrogens is 1. The minimum Gasteiger partial charge on any atom is -0.486 e. The number of carbonyl (C=O) groups excluding carboxylic acids is 1. The number of carbonyl (C=O) groups is 1. The summed E-state index contributed by atoms with van der Waals surface area (Å²) in [6.45, 7) is 2.85. The van der Waals surface area contributed by atoms with Crippen LogP contribution in [0.4, 0.5) is 4.39 Å². The van der Waals surface area contributed by atoms with Gasteiger partial charge in [0.2, 0.25) is 0 Å². The minimum absolute atomic E-state index is 0.197. The van der Waals surface area contributed by atoms with Crippen LogP contribution in [-0.2, 0) is 6.61 Å². The fourth-order valence-corrected chi connectivity index (χ4v) is 3.08. The first-order valence-electron chi connectivity index (χ1n) is 8.28. The van der Waals surface area contributed by atoms with Crippen LogP contribution in [0, 0.1) is 5.82 Å². The number of benzene rings is 2. The standard InChI is InChI=1S/C20H19FN2O2S/c1-14(15-5-3-2-4-6-15)11-22-20(24)18-13-26-19(23-18)12-25-17-9-7-16(21)8-10-17/h2-10,13-14H,11-12H2,1H3,(H,22,24). The van der Waals surface area contributed by atoms with Crippen LogP contribution in [-0.4, -0.2) is 17.4 Å². The zero-order valence-corrected chi connectivity index (χ0v) is 15.1. The second-order valence-corrected chi connectivity index (χ2v) is 6.83. The van der Waals surface area contributed by atoms with Crippen molar-refractivity contribution in [2.45, 2.75) is 19.4 Å². The second-order valence-electron chi connectivity index (χ2n) is 5.89. The molecule has 1 unspecified atom stereocenters. The Morgan fingerprint density at radius 3 is 2.65 bits per heavy atom. The zero-order valence-electron chi connectivity index (χ0n) is 14.3. The first-order chi connectivity index (χ1) is 12.6. The van der Waals surface area contributed by atoms with Gasteiger partial charge in [0.1, 0.15) is 28.9 Å². The first-order valence-corrected chi connectivity index (χ1v) is 9.15. The summed E-state index contributed by atoms with van der Waals surface area (Å²) >= 11 is 1.36. The van der Waals surface area contributed by atoms with Crippen LogP contribution in [0.2, 0.25) is 0 Å². The highest BCUT2D eigenvalue weighted by atomic mass is 32.1. The highest BCUT2D eigenvalue weighted by molar-refractivity contribution is 7.09. The minimum atomic E-state index is -0.310. The highest BCUT2D eigenvalue weighted by Crippen LogP contribution is 2.17. The summed E-state index contributed by atoms with van der Waals surface area (Å²) in [4.78, 5) is 16.6. The fraction of sp³-hybridized carbons (Fsp3) is 0.200. The Bertz CT molecular complexity index is 850. The van der Waals surface area contributed by atoms with E-state index in [-0.39, 0.29) is 24.2 Å². The molecule has 1 amide bonds. The summed E-state index contributed by atoms with van der Waals surface area (Å²) in [6.07, 6.45) is 0. The van der Waals surface area contributed by atoms with Crippen molar-refractivity contribution in [3.8, 4) is 5.75 Å². The molecule has 3 rings (SSSR count). The van der Waals surface area contributed by atoms with Crippen molar-refractivity contribution in [2.75, 3.05) is 6.54 Å². The fourth-order valence-electron chi connectivity index (χ4n) is 2.39. The number of thiazole rings is 1. The van der Waals surface area contributed by atoms with E-state index in [9.17, 15) is 9.18 Å². The number of nitrogens with zero attached hydrogens (tertiary/aromatic N) is 1. The van der Waals surface area contributed by atoms with Gasteiger partial charge in [0.05, 0.1) is 0 Å². The number of ether oxygens (including phenoxy) is 1. The predicted octanol–water partition coefficient (Wildman–Crippen LogP) is 4.39. The predicted molar refractivity (Wildman–Crippen MR) is 100 cm³/mol. The van der Waals surface area contributed by atoms with Crippen molar-refractivity contribution in [1.29, 1.82) is 0 Å². The molecular weight excluding hydrogens is 351 g/mol. The van der Waals surface area contributed by atoms with Crippen molar-refractivity contribution in [3.63, 3.8) is 0 Å². The Morgan fingerprint density at radius 2 is 1.92 bits per heavy atom. The first kappa shape index (κ1) is 18.1. The summed E-state index contributed by atoms with van der Waals surface area (Å²) < 4.78 is 18.4. The molecule has 0 radical (unpaired) electrons. The molecule has 0 bridgehead atoms. The average molecular weight is 370 g/mol. The maximum Gasteiger partial charge on any atom is 0.270 e. The lowest BCUT2D eigenvalue weighted by molar-refractivity contribution is 0.0947. The number of nitrogens with one attached hydrogen (secondary N) is 1. The molecule has 2 aromatic carbocycles. The lowest BCUT2D eigenvalue weighted by atomic mass is 10.0. The molecule has 1 aromatic heterocycles. The summed E-state index contributed by atoms with van der Waals surface area (Å²) in [5.74, 6) is 0.275. The van der Waals surface area contributed by atoms with E-state index in [1.54, 1.807) is 17.5 Å². The summed E-state index contributed by atoms with van der Waals surface area (Å²) in [7, 11) is 0. The number of hydrogen-bond acceptors (Lipinski definition) is 4. The number of hydrogen-bond donors (Lipinski definition) is 1. The van der Waals surface area contributed by atoms with Crippen molar-refractivity contribution >= 4 is 17.2 Å². The topological polar surface area (TPSA) is 51.2 Å². The molecular formula is C20H19FN2O2S. The van der Waals surface area contributed by atoms with Crippen molar-refractivity contribution in [3.05, 3.63) is 82.1 Å². The van der Waals surface area contributed by atoms with Crippen LogP contribution < -0.4 is 10.1 Å². The molecule has 6 heteroatoms. The van der Waals surface area contributed by atoms with E-state index in [2.05, 4.69) is 17.2 Å². The Labute approximate surface area is 155 Å². The molecule has 0 aliphatic carbocycles. The van der Waals surface area contributed by atoms with E-state index in [0.717, 1.165) is 0 Å². The lowest BCUT2D eigenvalue weighted by Crippen LogP contribution is -2.27. The molecule has 0 fully saturated rings. The number of amides is 1. The second kappa shape index (κ2) is 8.58. The highest BCUT2D eigenvalue weighted by Gasteiger charge is 2.13. The third-order valence-electron chi connectivity index (χ3n) is 3.90. The van der Waals surface area contributed by atoms with E-state index < -0.39 is 0 Å². The maximum atomic E-state index is 12.9. The molecule has 0 saturated carbocycles. The average Bonchev–Trinajstić information content (AvgIpc) is 3.15. The quantitative estimate of drug-likeness (QED) is 0.671. The third kappa shape index (κ3) is 4.89. The van der Waals surface area contributed by atoms with Crippen LogP contribution in [0.3, 0.4) is 0 Å². The Balaban J connectivity index is 1.50. The third-order valence-corrected chi connectivity index (χ3v) is 4.72. The molecule has 134 valence electrons. The summed E-state index contributed by atoms with van der Waals surface area (Å²) in [6, 6.07) is 15.8. The van der Waals surface area contributed by atoms with Gasteiger partial charge in [-0.1, -0.05) is 37.3 Å². The monoisotopic (exact) mass is 370 g/mol. The molecule has 1 heterocycles. The zero-order chi connectivity index (χ0) is 18.4. The molecule has 1 N–H and O–H groups in total. The molecule has 3 aromatic rings. The van der Waals surface area contributed by atoms with E-state index in [1.165, 1.54) is 29.0 Å². The van der Waals surface area contributed by atoms with Gasteiger partial charge >= 0.3 is 0 Å². The van der Waals surface area contributed by atoms with Gasteiger partial charge < -0.3 is 10.1 Å². The smallest absolute Gasteiger partial charge is 0.270 e. The molecule has 0 aliphatic heterocycles. The SMILES string of the molecule is CC(CNC(=O)c1csc(COc2ccc(F)cc2)n1)c1ccccc1. The molecule has 1 atom stereocenters. The van der Waals surface area contributed by atoms with Gasteiger partial charge in [-0.2, -0.15) is 0 Å². The molecule has 0 saturated heterocycles. The maximum absolute atomic E-state index is 12.9. The van der Waals surface area contributed by atoms with Gasteiger partial charge in [-0.25, -0.2) is 9.37 Å². The van der Waals surface area contributed by atoms with Crippen LogP contribution in [0.25, 0.3) is 0 Å². The van der Waals surface area contributed by atoms with E-state index >= 15 is 0 Å². The Morgan fingerprint density at radius 1 is 1.19 bits per heavy atom. The summed E-state index contributed by atoms with van der Waals surface area (Å²) in [5, 5.41) is 5.32. The van der Waals surface area contributed by atoms with Crippen LogP contribution in [0.15, 0.2) is 60.0 Å². The Kier molecular flexibility index (Phi) is 5.96. The largest absolute Gasteiger partial charge is 0.486 e. The van der Waals surface area contributed by atoms with Gasteiger partial charge in [0.15, 0.2) is 0 Å². The van der Waals surface area contributed by atoms with Crippen molar-refractivity contribution < 1.29 is 13.9 Å².